The van der Waals surface area contributed by atoms with E-state index < -0.39 is 0 Å². The molecule has 1 fully saturated rings. The highest BCUT2D eigenvalue weighted by Gasteiger charge is 2.26. The largest absolute Gasteiger partial charge is 0.377 e. The van der Waals surface area contributed by atoms with Crippen LogP contribution in [0.5, 0.6) is 0 Å². The molecule has 1 aliphatic heterocycles. The van der Waals surface area contributed by atoms with Crippen LogP contribution in [0.1, 0.15) is 27.7 Å². The van der Waals surface area contributed by atoms with Crippen molar-refractivity contribution in [1.29, 1.82) is 0 Å². The highest BCUT2D eigenvalue weighted by atomic mass is 32.2. The molecule has 1 N–H and O–H groups in total. The monoisotopic (exact) mass is 216 g/mol. The Bertz CT molecular complexity index is 214. The minimum Gasteiger partial charge on any atom is -0.377 e. The molecule has 0 aromatic rings. The molecule has 0 radical (unpaired) electrons. The summed E-state index contributed by atoms with van der Waals surface area (Å²) in [5, 5.41) is 4.43. The average Bonchev–Trinajstić information content (AvgIpc) is 2.39. The number of nitrogens with zero attached hydrogens (tertiary/aromatic N) is 1. The number of amidine groups is 1. The molecule has 1 aliphatic rings. The molecule has 0 aromatic carbocycles. The van der Waals surface area contributed by atoms with Crippen molar-refractivity contribution >= 4 is 16.9 Å². The normalized spacial score (nSPS) is 23.1. The molecule has 0 amide bonds. The number of hydrogen-bond donors (Lipinski definition) is 1. The van der Waals surface area contributed by atoms with Gasteiger partial charge in [-0.2, -0.15) is 0 Å². The Balaban J connectivity index is 2.20. The quantitative estimate of drug-likeness (QED) is 0.729. The van der Waals surface area contributed by atoms with Crippen molar-refractivity contribution in [3.05, 3.63) is 0 Å². The van der Waals surface area contributed by atoms with Gasteiger partial charge in [0.15, 0.2) is 5.17 Å². The van der Waals surface area contributed by atoms with Crippen LogP contribution in [0.3, 0.4) is 0 Å². The summed E-state index contributed by atoms with van der Waals surface area (Å²) in [4.78, 5) is 4.43. The first kappa shape index (κ1) is 11.9. The van der Waals surface area contributed by atoms with Crippen molar-refractivity contribution in [2.75, 3.05) is 18.9 Å². The van der Waals surface area contributed by atoms with Gasteiger partial charge in [-0.15, -0.1) is 0 Å². The summed E-state index contributed by atoms with van der Waals surface area (Å²) < 4.78 is 5.41. The fraction of sp³-hybridized carbons (Fsp3) is 0.900. The lowest BCUT2D eigenvalue weighted by molar-refractivity contribution is 0.0853. The third kappa shape index (κ3) is 4.33. The van der Waals surface area contributed by atoms with Crippen LogP contribution in [0, 0.1) is 0 Å². The Morgan fingerprint density at radius 1 is 1.57 bits per heavy atom. The lowest BCUT2D eigenvalue weighted by Crippen LogP contribution is -2.37. The molecule has 0 atom stereocenters. The topological polar surface area (TPSA) is 33.6 Å². The molecule has 1 heterocycles. The first-order valence-electron chi connectivity index (χ1n) is 5.07. The molecule has 1 saturated heterocycles. The minimum atomic E-state index is 0.197. The molecule has 0 aliphatic carbocycles. The Morgan fingerprint density at radius 2 is 2.29 bits per heavy atom. The van der Waals surface area contributed by atoms with E-state index in [-0.39, 0.29) is 5.54 Å². The smallest absolute Gasteiger partial charge is 0.157 e. The number of nitrogens with one attached hydrogen (secondary N) is 1. The molecular weight excluding hydrogens is 196 g/mol. The van der Waals surface area contributed by atoms with E-state index in [1.165, 1.54) is 0 Å². The van der Waals surface area contributed by atoms with Gasteiger partial charge in [0.1, 0.15) is 0 Å². The van der Waals surface area contributed by atoms with E-state index in [2.05, 4.69) is 24.2 Å². The van der Waals surface area contributed by atoms with E-state index in [4.69, 9.17) is 4.74 Å². The molecule has 0 bridgehead atoms. The fourth-order valence-electron chi connectivity index (χ4n) is 1.13. The van der Waals surface area contributed by atoms with E-state index in [0.29, 0.717) is 12.7 Å². The maximum atomic E-state index is 5.41. The van der Waals surface area contributed by atoms with E-state index >= 15 is 0 Å². The van der Waals surface area contributed by atoms with Crippen molar-refractivity contribution in [2.24, 2.45) is 4.99 Å². The number of aliphatic imine (C=N–C) groups is 1. The van der Waals surface area contributed by atoms with Crippen LogP contribution >= 0.6 is 11.8 Å². The molecular formula is C10H20N2OS. The molecule has 0 spiro atoms. The maximum absolute atomic E-state index is 5.41. The molecule has 0 unspecified atom stereocenters. The molecule has 4 heteroatoms. The summed E-state index contributed by atoms with van der Waals surface area (Å²) in [6.07, 6.45) is 0.302. The first-order valence-corrected chi connectivity index (χ1v) is 6.05. The Morgan fingerprint density at radius 3 is 2.79 bits per heavy atom. The van der Waals surface area contributed by atoms with Gasteiger partial charge in [0.05, 0.1) is 19.3 Å². The summed E-state index contributed by atoms with van der Waals surface area (Å²) >= 11 is 1.79. The number of hydrogen-bond acceptors (Lipinski definition) is 3. The van der Waals surface area contributed by atoms with Crippen molar-refractivity contribution in [3.8, 4) is 0 Å². The van der Waals surface area contributed by atoms with Crippen LogP contribution in [0.15, 0.2) is 4.99 Å². The van der Waals surface area contributed by atoms with E-state index in [1.807, 2.05) is 13.8 Å². The van der Waals surface area contributed by atoms with Crippen LogP contribution in [0.4, 0.5) is 0 Å². The van der Waals surface area contributed by atoms with Gasteiger partial charge < -0.3 is 10.1 Å². The highest BCUT2D eigenvalue weighted by molar-refractivity contribution is 8.14. The van der Waals surface area contributed by atoms with Crippen LogP contribution in [-0.2, 0) is 4.74 Å². The van der Waals surface area contributed by atoms with Gasteiger partial charge in [-0.1, -0.05) is 11.8 Å². The lowest BCUT2D eigenvalue weighted by Gasteiger charge is -2.15. The van der Waals surface area contributed by atoms with Gasteiger partial charge in [-0.3, -0.25) is 4.99 Å². The van der Waals surface area contributed by atoms with E-state index in [1.54, 1.807) is 11.8 Å². The minimum absolute atomic E-state index is 0.197. The third-order valence-corrected chi connectivity index (χ3v) is 3.18. The van der Waals surface area contributed by atoms with Crippen LogP contribution in [-0.4, -0.2) is 35.7 Å². The molecule has 0 saturated carbocycles. The molecule has 14 heavy (non-hydrogen) atoms. The highest BCUT2D eigenvalue weighted by Crippen LogP contribution is 2.21. The van der Waals surface area contributed by atoms with Gasteiger partial charge in [-0.25, -0.2) is 0 Å². The van der Waals surface area contributed by atoms with Crippen molar-refractivity contribution in [1.82, 2.24) is 5.32 Å². The standard InChI is InChI=1S/C10H20N2OS/c1-8(2)13-6-5-11-9-12-10(3,4)7-14-9/h8H,5-7H2,1-4H3,(H,11,12). The molecule has 0 aromatic heterocycles. The van der Waals surface area contributed by atoms with E-state index in [0.717, 1.165) is 17.5 Å². The van der Waals surface area contributed by atoms with Crippen LogP contribution in [0.25, 0.3) is 0 Å². The number of rotatable bonds is 4. The Kier molecular flexibility index (Phi) is 4.26. The fourth-order valence-corrected chi connectivity index (χ4v) is 2.23. The van der Waals surface area contributed by atoms with Crippen LogP contribution < -0.4 is 5.32 Å². The summed E-state index contributed by atoms with van der Waals surface area (Å²) in [5.74, 6) is 1.09. The van der Waals surface area contributed by atoms with Crippen molar-refractivity contribution < 1.29 is 4.74 Å². The van der Waals surface area contributed by atoms with Gasteiger partial charge in [-0.05, 0) is 27.7 Å². The SMILES string of the molecule is CC(C)OCCN=C1NC(C)(C)CS1. The van der Waals surface area contributed by atoms with Gasteiger partial charge in [0.2, 0.25) is 0 Å². The maximum Gasteiger partial charge on any atom is 0.157 e. The summed E-state index contributed by atoms with van der Waals surface area (Å²) in [5.41, 5.74) is 0.197. The Hall–Kier alpha value is -0.220. The summed E-state index contributed by atoms with van der Waals surface area (Å²) in [6.45, 7) is 9.92. The van der Waals surface area contributed by atoms with Gasteiger partial charge in [0, 0.05) is 11.3 Å². The second-order valence-electron chi connectivity index (χ2n) is 4.40. The number of thioether (sulfide) groups is 1. The zero-order chi connectivity index (χ0) is 10.6. The lowest BCUT2D eigenvalue weighted by atomic mass is 10.1. The van der Waals surface area contributed by atoms with Gasteiger partial charge in [0.25, 0.3) is 0 Å². The predicted octanol–water partition coefficient (Wildman–Crippen LogP) is 1.88. The average molecular weight is 216 g/mol. The predicted molar refractivity (Wildman–Crippen MR) is 63.1 cm³/mol. The molecule has 1 rings (SSSR count). The second kappa shape index (κ2) is 5.03. The van der Waals surface area contributed by atoms with Crippen molar-refractivity contribution in [2.45, 2.75) is 39.3 Å². The molecule has 3 nitrogen and oxygen atoms in total. The number of ether oxygens (including phenoxy) is 1. The zero-order valence-corrected chi connectivity index (χ0v) is 10.3. The van der Waals surface area contributed by atoms with Gasteiger partial charge >= 0.3 is 0 Å². The zero-order valence-electron chi connectivity index (χ0n) is 9.46. The summed E-state index contributed by atoms with van der Waals surface area (Å²) in [6, 6.07) is 0. The van der Waals surface area contributed by atoms with Crippen molar-refractivity contribution in [3.63, 3.8) is 0 Å². The first-order chi connectivity index (χ1) is 6.49. The van der Waals surface area contributed by atoms with E-state index in [9.17, 15) is 0 Å². The Labute approximate surface area is 90.7 Å². The second-order valence-corrected chi connectivity index (χ2v) is 5.37. The van der Waals surface area contributed by atoms with Crippen LogP contribution in [0.2, 0.25) is 0 Å². The summed E-state index contributed by atoms with van der Waals surface area (Å²) in [7, 11) is 0. The third-order valence-electron chi connectivity index (χ3n) is 1.81. The molecule has 82 valence electrons.